The Kier molecular flexibility index (Phi) is 11.0. The molecule has 0 atom stereocenters. The summed E-state index contributed by atoms with van der Waals surface area (Å²) in [5.41, 5.74) is 3.31. The zero-order chi connectivity index (χ0) is 24.9. The summed E-state index contributed by atoms with van der Waals surface area (Å²) in [5, 5.41) is 6.28. The number of ether oxygens (including phenoxy) is 1. The van der Waals surface area contributed by atoms with Crippen molar-refractivity contribution < 1.29 is 9.53 Å². The van der Waals surface area contributed by atoms with Gasteiger partial charge in [-0.05, 0) is 67.5 Å². The van der Waals surface area contributed by atoms with Crippen LogP contribution in [0, 0.1) is 0 Å². The molecule has 0 saturated heterocycles. The number of benzene rings is 1. The summed E-state index contributed by atoms with van der Waals surface area (Å²) in [7, 11) is 3.99. The van der Waals surface area contributed by atoms with Crippen molar-refractivity contribution in [1.82, 2.24) is 14.9 Å². The minimum atomic E-state index is -0.242. The Hall–Kier alpha value is -3.45. The molecule has 2 N–H and O–H groups in total. The SMILES string of the molecule is CC.CC(C)c1ccc(OCCN(C)C)c(NC(=O)c2cccnc2NCc2ccncc2)c1. The summed E-state index contributed by atoms with van der Waals surface area (Å²) in [6, 6.07) is 13.3. The van der Waals surface area contributed by atoms with Crippen molar-refractivity contribution in [3.05, 3.63) is 77.7 Å². The Labute approximate surface area is 203 Å². The second kappa shape index (κ2) is 14.0. The Balaban J connectivity index is 0.00000199. The summed E-state index contributed by atoms with van der Waals surface area (Å²) in [4.78, 5) is 23.6. The van der Waals surface area contributed by atoms with E-state index in [1.165, 1.54) is 0 Å². The highest BCUT2D eigenvalue weighted by Gasteiger charge is 2.16. The maximum atomic E-state index is 13.2. The highest BCUT2D eigenvalue weighted by molar-refractivity contribution is 6.08. The van der Waals surface area contributed by atoms with Crippen LogP contribution in [0.15, 0.2) is 61.1 Å². The van der Waals surface area contributed by atoms with Crippen molar-refractivity contribution in [1.29, 1.82) is 0 Å². The Morgan fingerprint density at radius 2 is 1.79 bits per heavy atom. The number of amides is 1. The molecule has 0 aliphatic carbocycles. The van der Waals surface area contributed by atoms with Crippen LogP contribution in [0.1, 0.15) is 55.1 Å². The first-order valence-corrected chi connectivity index (χ1v) is 11.7. The molecule has 0 fully saturated rings. The molecular weight excluding hydrogens is 426 g/mol. The summed E-state index contributed by atoms with van der Waals surface area (Å²) >= 11 is 0. The smallest absolute Gasteiger partial charge is 0.259 e. The third-order valence-corrected chi connectivity index (χ3v) is 4.98. The number of nitrogens with zero attached hydrogens (tertiary/aromatic N) is 3. The average Bonchev–Trinajstić information content (AvgIpc) is 2.85. The fourth-order valence-corrected chi connectivity index (χ4v) is 3.07. The third-order valence-electron chi connectivity index (χ3n) is 4.98. The topological polar surface area (TPSA) is 79.4 Å². The number of carbonyl (C=O) groups is 1. The molecule has 2 heterocycles. The number of aromatic nitrogens is 2. The first-order valence-electron chi connectivity index (χ1n) is 11.7. The van der Waals surface area contributed by atoms with Crippen LogP contribution >= 0.6 is 0 Å². The lowest BCUT2D eigenvalue weighted by Crippen LogP contribution is -2.20. The van der Waals surface area contributed by atoms with Crippen molar-refractivity contribution in [2.45, 2.75) is 40.2 Å². The third kappa shape index (κ3) is 8.15. The van der Waals surface area contributed by atoms with E-state index in [9.17, 15) is 4.79 Å². The van der Waals surface area contributed by atoms with Gasteiger partial charge in [0.25, 0.3) is 5.91 Å². The predicted octanol–water partition coefficient (Wildman–Crippen LogP) is 5.43. The van der Waals surface area contributed by atoms with Crippen LogP contribution < -0.4 is 15.4 Å². The maximum Gasteiger partial charge on any atom is 0.259 e. The van der Waals surface area contributed by atoms with E-state index in [4.69, 9.17) is 4.74 Å². The van der Waals surface area contributed by atoms with Gasteiger partial charge in [0, 0.05) is 31.7 Å². The number of hydrogen-bond donors (Lipinski definition) is 2. The predicted molar refractivity (Wildman–Crippen MR) is 140 cm³/mol. The average molecular weight is 464 g/mol. The lowest BCUT2D eigenvalue weighted by Gasteiger charge is -2.17. The first kappa shape index (κ1) is 26.8. The van der Waals surface area contributed by atoms with Crippen molar-refractivity contribution in [3.8, 4) is 5.75 Å². The van der Waals surface area contributed by atoms with Gasteiger partial charge in [-0.15, -0.1) is 0 Å². The van der Waals surface area contributed by atoms with Crippen LogP contribution in [0.4, 0.5) is 11.5 Å². The van der Waals surface area contributed by atoms with Crippen molar-refractivity contribution in [3.63, 3.8) is 0 Å². The Bertz CT molecular complexity index is 1020. The number of hydrogen-bond acceptors (Lipinski definition) is 6. The quantitative estimate of drug-likeness (QED) is 0.417. The van der Waals surface area contributed by atoms with E-state index in [1.807, 2.05) is 58.3 Å². The largest absolute Gasteiger partial charge is 0.490 e. The number of nitrogens with one attached hydrogen (secondary N) is 2. The molecule has 0 spiro atoms. The minimum absolute atomic E-state index is 0.242. The molecule has 0 aliphatic rings. The Morgan fingerprint density at radius 3 is 2.47 bits per heavy atom. The number of likely N-dealkylation sites (N-methyl/N-ethyl adjacent to an activating group) is 1. The highest BCUT2D eigenvalue weighted by Crippen LogP contribution is 2.30. The first-order chi connectivity index (χ1) is 16.4. The normalized spacial score (nSPS) is 10.5. The summed E-state index contributed by atoms with van der Waals surface area (Å²) in [6.45, 7) is 10.1. The molecule has 0 aliphatic heterocycles. The number of rotatable bonds is 10. The molecule has 0 unspecified atom stereocenters. The van der Waals surface area contributed by atoms with Crippen molar-refractivity contribution in [2.24, 2.45) is 0 Å². The number of carbonyl (C=O) groups excluding carboxylic acids is 1. The fraction of sp³-hybridized carbons (Fsp3) is 0.370. The molecule has 0 bridgehead atoms. The molecule has 182 valence electrons. The van der Waals surface area contributed by atoms with Gasteiger partial charge in [-0.25, -0.2) is 4.98 Å². The number of pyridine rings is 2. The molecular formula is C27H37N5O2. The van der Waals surface area contributed by atoms with E-state index in [0.717, 1.165) is 17.7 Å². The standard InChI is InChI=1S/C25H31N5O2.C2H6/c1-18(2)20-7-8-23(32-15-14-30(3)4)22(16-20)29-25(31)21-6-5-11-27-24(21)28-17-19-9-12-26-13-10-19;1-2/h5-13,16,18H,14-15,17H2,1-4H3,(H,27,28)(H,29,31);1-2H3. The van der Waals surface area contributed by atoms with E-state index < -0.39 is 0 Å². The lowest BCUT2D eigenvalue weighted by atomic mass is 10.0. The van der Waals surface area contributed by atoms with Gasteiger partial charge in [0.05, 0.1) is 11.3 Å². The van der Waals surface area contributed by atoms with Crippen LogP contribution in [0.2, 0.25) is 0 Å². The molecule has 3 rings (SSSR count). The van der Waals surface area contributed by atoms with Crippen LogP contribution in [-0.4, -0.2) is 48.0 Å². The van der Waals surface area contributed by atoms with Gasteiger partial charge in [0.1, 0.15) is 18.2 Å². The van der Waals surface area contributed by atoms with Gasteiger partial charge in [-0.3, -0.25) is 9.78 Å². The van der Waals surface area contributed by atoms with E-state index >= 15 is 0 Å². The molecule has 1 aromatic carbocycles. The maximum absolute atomic E-state index is 13.2. The van der Waals surface area contributed by atoms with E-state index in [0.29, 0.717) is 41.9 Å². The molecule has 0 radical (unpaired) electrons. The van der Waals surface area contributed by atoms with Crippen LogP contribution in [-0.2, 0) is 6.54 Å². The molecule has 34 heavy (non-hydrogen) atoms. The summed E-state index contributed by atoms with van der Waals surface area (Å²) in [6.07, 6.45) is 5.14. The van der Waals surface area contributed by atoms with Gasteiger partial charge in [0.2, 0.25) is 0 Å². The molecule has 7 heteroatoms. The molecule has 7 nitrogen and oxygen atoms in total. The van der Waals surface area contributed by atoms with Gasteiger partial charge in [-0.2, -0.15) is 0 Å². The molecule has 0 saturated carbocycles. The van der Waals surface area contributed by atoms with Crippen LogP contribution in [0.5, 0.6) is 5.75 Å². The summed E-state index contributed by atoms with van der Waals surface area (Å²) < 4.78 is 5.96. The van der Waals surface area contributed by atoms with Gasteiger partial charge in [-0.1, -0.05) is 33.8 Å². The van der Waals surface area contributed by atoms with E-state index in [-0.39, 0.29) is 5.91 Å². The van der Waals surface area contributed by atoms with E-state index in [1.54, 1.807) is 30.7 Å². The summed E-state index contributed by atoms with van der Waals surface area (Å²) in [5.74, 6) is 1.27. The zero-order valence-electron chi connectivity index (χ0n) is 21.1. The molecule has 2 aromatic heterocycles. The van der Waals surface area contributed by atoms with Gasteiger partial charge >= 0.3 is 0 Å². The van der Waals surface area contributed by atoms with Crippen LogP contribution in [0.25, 0.3) is 0 Å². The minimum Gasteiger partial charge on any atom is -0.490 e. The van der Waals surface area contributed by atoms with Crippen molar-refractivity contribution in [2.75, 3.05) is 37.9 Å². The van der Waals surface area contributed by atoms with Crippen molar-refractivity contribution >= 4 is 17.4 Å². The molecule has 1 amide bonds. The lowest BCUT2D eigenvalue weighted by molar-refractivity contribution is 0.102. The van der Waals surface area contributed by atoms with Gasteiger partial charge < -0.3 is 20.3 Å². The van der Waals surface area contributed by atoms with E-state index in [2.05, 4.69) is 39.3 Å². The highest BCUT2D eigenvalue weighted by atomic mass is 16.5. The fourth-order valence-electron chi connectivity index (χ4n) is 3.07. The van der Waals surface area contributed by atoms with Crippen LogP contribution in [0.3, 0.4) is 0 Å². The monoisotopic (exact) mass is 463 g/mol. The zero-order valence-corrected chi connectivity index (χ0v) is 21.1. The molecule has 3 aromatic rings. The van der Waals surface area contributed by atoms with Gasteiger partial charge in [0.15, 0.2) is 0 Å². The Morgan fingerprint density at radius 1 is 1.06 bits per heavy atom. The number of anilines is 2. The second-order valence-electron chi connectivity index (χ2n) is 8.12. The second-order valence-corrected chi connectivity index (χ2v) is 8.12.